The van der Waals surface area contributed by atoms with Crippen molar-refractivity contribution in [3.8, 4) is 0 Å². The lowest BCUT2D eigenvalue weighted by molar-refractivity contribution is -0.129. The van der Waals surface area contributed by atoms with Gasteiger partial charge in [-0.25, -0.2) is 0 Å². The topological polar surface area (TPSA) is 95.6 Å². The lowest BCUT2D eigenvalue weighted by Crippen LogP contribution is -2.52. The van der Waals surface area contributed by atoms with Crippen molar-refractivity contribution in [3.63, 3.8) is 0 Å². The molecule has 150 valence electrons. The maximum absolute atomic E-state index is 12.8. The van der Waals surface area contributed by atoms with Crippen molar-refractivity contribution in [2.24, 2.45) is 5.92 Å². The molecule has 1 aromatic carbocycles. The number of hydrogen-bond donors (Lipinski definition) is 2. The molecule has 7 nitrogen and oxygen atoms in total. The van der Waals surface area contributed by atoms with Gasteiger partial charge in [0.1, 0.15) is 6.04 Å². The standard InChI is InChI=1S/C21H27N3O4/c1-13(2)11-17(19(26)22-12-18(25)23-14-7-3-4-8-14)24-20(27)15-9-5-6-10-16(15)21(24)28/h5-6,9-10,13-14,17H,3-4,7-8,11-12H2,1-2H3,(H,22,26)(H,23,25). The van der Waals surface area contributed by atoms with Crippen LogP contribution in [0.25, 0.3) is 0 Å². The Bertz CT molecular complexity index is 749. The third-order valence-electron chi connectivity index (χ3n) is 5.28. The summed E-state index contributed by atoms with van der Waals surface area (Å²) in [7, 11) is 0. The van der Waals surface area contributed by atoms with Crippen LogP contribution in [0.5, 0.6) is 0 Å². The summed E-state index contributed by atoms with van der Waals surface area (Å²) in [5, 5.41) is 5.52. The fourth-order valence-corrected chi connectivity index (χ4v) is 3.90. The van der Waals surface area contributed by atoms with Crippen LogP contribution in [0.3, 0.4) is 0 Å². The van der Waals surface area contributed by atoms with Crippen LogP contribution in [0.1, 0.15) is 66.7 Å². The van der Waals surface area contributed by atoms with E-state index in [0.29, 0.717) is 17.5 Å². The van der Waals surface area contributed by atoms with Crippen LogP contribution in [-0.4, -0.2) is 47.2 Å². The highest BCUT2D eigenvalue weighted by Crippen LogP contribution is 2.27. The average molecular weight is 385 g/mol. The average Bonchev–Trinajstić information content (AvgIpc) is 3.25. The molecule has 1 aromatic rings. The van der Waals surface area contributed by atoms with Gasteiger partial charge in [-0.1, -0.05) is 38.8 Å². The van der Waals surface area contributed by atoms with Crippen molar-refractivity contribution >= 4 is 23.6 Å². The lowest BCUT2D eigenvalue weighted by Gasteiger charge is -2.26. The van der Waals surface area contributed by atoms with Crippen molar-refractivity contribution in [1.29, 1.82) is 0 Å². The van der Waals surface area contributed by atoms with Crippen LogP contribution >= 0.6 is 0 Å². The van der Waals surface area contributed by atoms with E-state index >= 15 is 0 Å². The van der Waals surface area contributed by atoms with Crippen molar-refractivity contribution in [2.75, 3.05) is 6.54 Å². The molecule has 1 aliphatic heterocycles. The predicted molar refractivity (Wildman–Crippen MR) is 104 cm³/mol. The quantitative estimate of drug-likeness (QED) is 0.701. The van der Waals surface area contributed by atoms with Gasteiger partial charge in [0.25, 0.3) is 11.8 Å². The molecule has 1 heterocycles. The Labute approximate surface area is 164 Å². The second-order valence-corrected chi connectivity index (χ2v) is 7.94. The van der Waals surface area contributed by atoms with Gasteiger partial charge in [-0.3, -0.25) is 24.1 Å². The van der Waals surface area contributed by atoms with Crippen LogP contribution in [0.15, 0.2) is 24.3 Å². The van der Waals surface area contributed by atoms with Crippen LogP contribution in [0.2, 0.25) is 0 Å². The van der Waals surface area contributed by atoms with E-state index < -0.39 is 23.8 Å². The van der Waals surface area contributed by atoms with Crippen LogP contribution in [-0.2, 0) is 9.59 Å². The van der Waals surface area contributed by atoms with Gasteiger partial charge in [0.2, 0.25) is 11.8 Å². The number of amides is 4. The minimum atomic E-state index is -0.938. The predicted octanol–water partition coefficient (Wildman–Crippen LogP) is 1.87. The first-order chi connectivity index (χ1) is 13.4. The van der Waals surface area contributed by atoms with Gasteiger partial charge in [0, 0.05) is 6.04 Å². The molecular formula is C21H27N3O4. The van der Waals surface area contributed by atoms with E-state index in [2.05, 4.69) is 10.6 Å². The van der Waals surface area contributed by atoms with E-state index in [4.69, 9.17) is 0 Å². The summed E-state index contributed by atoms with van der Waals surface area (Å²) in [6.45, 7) is 3.68. The summed E-state index contributed by atoms with van der Waals surface area (Å²) in [6, 6.07) is 5.81. The minimum absolute atomic E-state index is 0.0902. The lowest BCUT2D eigenvalue weighted by atomic mass is 10.0. The Morgan fingerprint density at radius 3 is 2.18 bits per heavy atom. The molecule has 1 fully saturated rings. The Morgan fingerprint density at radius 2 is 1.64 bits per heavy atom. The molecule has 0 bridgehead atoms. The highest BCUT2D eigenvalue weighted by Gasteiger charge is 2.42. The number of benzene rings is 1. The van der Waals surface area contributed by atoms with E-state index in [0.717, 1.165) is 30.6 Å². The van der Waals surface area contributed by atoms with Crippen molar-refractivity contribution < 1.29 is 19.2 Å². The number of rotatable bonds is 7. The highest BCUT2D eigenvalue weighted by atomic mass is 16.2. The molecule has 0 aromatic heterocycles. The summed E-state index contributed by atoms with van der Waals surface area (Å²) in [4.78, 5) is 51.4. The number of imide groups is 1. The summed E-state index contributed by atoms with van der Waals surface area (Å²) in [5.41, 5.74) is 0.626. The molecule has 7 heteroatoms. The summed E-state index contributed by atoms with van der Waals surface area (Å²) >= 11 is 0. The fraction of sp³-hybridized carbons (Fsp3) is 0.524. The number of nitrogens with zero attached hydrogens (tertiary/aromatic N) is 1. The molecule has 2 aliphatic rings. The number of nitrogens with one attached hydrogen (secondary N) is 2. The first-order valence-electron chi connectivity index (χ1n) is 9.92. The van der Waals surface area contributed by atoms with Crippen molar-refractivity contribution in [2.45, 2.75) is 58.0 Å². The third-order valence-corrected chi connectivity index (χ3v) is 5.28. The van der Waals surface area contributed by atoms with E-state index in [1.807, 2.05) is 13.8 Å². The van der Waals surface area contributed by atoms with Gasteiger partial charge >= 0.3 is 0 Å². The number of carbonyl (C=O) groups is 4. The Hall–Kier alpha value is -2.70. The van der Waals surface area contributed by atoms with Gasteiger partial charge in [-0.05, 0) is 37.3 Å². The largest absolute Gasteiger partial charge is 0.352 e. The Balaban J connectivity index is 1.68. The second kappa shape index (κ2) is 8.54. The molecule has 1 saturated carbocycles. The first kappa shape index (κ1) is 20.0. The van der Waals surface area contributed by atoms with Gasteiger partial charge in [-0.2, -0.15) is 0 Å². The monoisotopic (exact) mass is 385 g/mol. The van der Waals surface area contributed by atoms with Crippen molar-refractivity contribution in [3.05, 3.63) is 35.4 Å². The second-order valence-electron chi connectivity index (χ2n) is 7.94. The van der Waals surface area contributed by atoms with E-state index in [1.54, 1.807) is 24.3 Å². The van der Waals surface area contributed by atoms with Crippen LogP contribution < -0.4 is 10.6 Å². The number of fused-ring (bicyclic) bond motifs is 1. The summed E-state index contributed by atoms with van der Waals surface area (Å²) < 4.78 is 0. The molecule has 0 radical (unpaired) electrons. The highest BCUT2D eigenvalue weighted by molar-refractivity contribution is 6.22. The van der Waals surface area contributed by atoms with E-state index in [1.165, 1.54) is 0 Å². The van der Waals surface area contributed by atoms with Gasteiger partial charge in [-0.15, -0.1) is 0 Å². The smallest absolute Gasteiger partial charge is 0.262 e. The molecule has 28 heavy (non-hydrogen) atoms. The number of hydrogen-bond acceptors (Lipinski definition) is 4. The normalized spacial score (nSPS) is 17.8. The SMILES string of the molecule is CC(C)CC(C(=O)NCC(=O)NC1CCCC1)N1C(=O)c2ccccc2C1=O. The molecule has 0 spiro atoms. The van der Waals surface area contributed by atoms with Gasteiger partial charge in [0.05, 0.1) is 17.7 Å². The molecule has 1 unspecified atom stereocenters. The molecule has 1 aliphatic carbocycles. The zero-order chi connectivity index (χ0) is 20.3. The fourth-order valence-electron chi connectivity index (χ4n) is 3.90. The molecular weight excluding hydrogens is 358 g/mol. The molecule has 2 N–H and O–H groups in total. The maximum atomic E-state index is 12.8. The summed E-state index contributed by atoms with van der Waals surface area (Å²) in [6.07, 6.45) is 4.47. The molecule has 4 amide bonds. The number of carbonyl (C=O) groups excluding carboxylic acids is 4. The van der Waals surface area contributed by atoms with Gasteiger partial charge < -0.3 is 10.6 Å². The third kappa shape index (κ3) is 4.24. The van der Waals surface area contributed by atoms with Crippen molar-refractivity contribution in [1.82, 2.24) is 15.5 Å². The van der Waals surface area contributed by atoms with E-state index in [9.17, 15) is 19.2 Å². The zero-order valence-corrected chi connectivity index (χ0v) is 16.4. The first-order valence-corrected chi connectivity index (χ1v) is 9.92. The Kier molecular flexibility index (Phi) is 6.11. The molecule has 3 rings (SSSR count). The van der Waals surface area contributed by atoms with Crippen LogP contribution in [0, 0.1) is 5.92 Å². The van der Waals surface area contributed by atoms with Crippen LogP contribution in [0.4, 0.5) is 0 Å². The minimum Gasteiger partial charge on any atom is -0.352 e. The molecule has 1 atom stereocenters. The molecule has 0 saturated heterocycles. The maximum Gasteiger partial charge on any atom is 0.262 e. The Morgan fingerprint density at radius 1 is 1.07 bits per heavy atom. The summed E-state index contributed by atoms with van der Waals surface area (Å²) in [5.74, 6) is -1.56. The zero-order valence-electron chi connectivity index (χ0n) is 16.4. The van der Waals surface area contributed by atoms with E-state index in [-0.39, 0.29) is 24.4 Å². The van der Waals surface area contributed by atoms with Gasteiger partial charge in [0.15, 0.2) is 0 Å².